The third kappa shape index (κ3) is 7.03. The standard InChI is InChI=1S/C25H29Cl2N3O3/c1-3-5-6-7-8-18-9-11-19(12-10-18)24(31)30-23(21-14-13-20(26)17-22(21)27)28-25(29-30)33-16-15-32-4-2/h9-14,17H,3-8,15-16H2,1-2H3. The maximum atomic E-state index is 13.3. The highest BCUT2D eigenvalue weighted by atomic mass is 35.5. The average molecular weight is 490 g/mol. The van der Waals surface area contributed by atoms with Gasteiger partial charge in [0.25, 0.3) is 5.91 Å². The van der Waals surface area contributed by atoms with E-state index in [0.717, 1.165) is 12.8 Å². The van der Waals surface area contributed by atoms with E-state index in [1.54, 1.807) is 18.2 Å². The summed E-state index contributed by atoms with van der Waals surface area (Å²) in [6.07, 6.45) is 5.82. The zero-order valence-electron chi connectivity index (χ0n) is 19.0. The number of hydrogen-bond acceptors (Lipinski definition) is 5. The van der Waals surface area contributed by atoms with Gasteiger partial charge in [-0.2, -0.15) is 9.67 Å². The van der Waals surface area contributed by atoms with E-state index in [4.69, 9.17) is 32.7 Å². The van der Waals surface area contributed by atoms with E-state index in [1.165, 1.54) is 29.5 Å². The van der Waals surface area contributed by atoms with Crippen molar-refractivity contribution in [2.45, 2.75) is 46.0 Å². The number of aromatic nitrogens is 3. The van der Waals surface area contributed by atoms with Gasteiger partial charge in [0.2, 0.25) is 0 Å². The number of rotatable bonds is 12. The fraction of sp³-hybridized carbons (Fsp3) is 0.400. The van der Waals surface area contributed by atoms with Crippen molar-refractivity contribution in [3.05, 3.63) is 63.6 Å². The van der Waals surface area contributed by atoms with Crippen LogP contribution in [0.4, 0.5) is 0 Å². The molecule has 6 nitrogen and oxygen atoms in total. The van der Waals surface area contributed by atoms with Gasteiger partial charge in [0, 0.05) is 22.8 Å². The first kappa shape index (κ1) is 25.2. The molecule has 0 radical (unpaired) electrons. The molecule has 0 saturated heterocycles. The predicted molar refractivity (Wildman–Crippen MR) is 131 cm³/mol. The van der Waals surface area contributed by atoms with Crippen molar-refractivity contribution < 1.29 is 14.3 Å². The van der Waals surface area contributed by atoms with Crippen molar-refractivity contribution in [3.63, 3.8) is 0 Å². The molecule has 0 amide bonds. The van der Waals surface area contributed by atoms with Crippen LogP contribution in [0, 0.1) is 0 Å². The van der Waals surface area contributed by atoms with Crippen LogP contribution < -0.4 is 4.74 Å². The molecule has 0 aliphatic rings. The second-order valence-electron chi connectivity index (χ2n) is 7.61. The molecule has 3 aromatic rings. The molecule has 8 heteroatoms. The lowest BCUT2D eigenvalue weighted by Crippen LogP contribution is -2.15. The predicted octanol–water partition coefficient (Wildman–Crippen LogP) is 6.48. The second kappa shape index (κ2) is 12.7. The summed E-state index contributed by atoms with van der Waals surface area (Å²) in [7, 11) is 0. The fourth-order valence-corrected chi connectivity index (χ4v) is 3.86. The Morgan fingerprint density at radius 2 is 1.79 bits per heavy atom. The molecule has 176 valence electrons. The smallest absolute Gasteiger partial charge is 0.336 e. The number of aryl methyl sites for hydroxylation is 1. The van der Waals surface area contributed by atoms with E-state index in [0.29, 0.717) is 34.4 Å². The molecule has 0 aliphatic heterocycles. The van der Waals surface area contributed by atoms with Crippen LogP contribution in [-0.2, 0) is 11.2 Å². The Morgan fingerprint density at radius 1 is 1.00 bits per heavy atom. The lowest BCUT2D eigenvalue weighted by Gasteiger charge is -2.07. The number of carbonyl (C=O) groups is 1. The Morgan fingerprint density at radius 3 is 2.48 bits per heavy atom. The monoisotopic (exact) mass is 489 g/mol. The van der Waals surface area contributed by atoms with Gasteiger partial charge in [0.05, 0.1) is 11.6 Å². The van der Waals surface area contributed by atoms with Crippen LogP contribution in [-0.4, -0.2) is 40.5 Å². The van der Waals surface area contributed by atoms with Gasteiger partial charge in [-0.05, 0) is 55.7 Å². The third-order valence-electron chi connectivity index (χ3n) is 5.13. The maximum Gasteiger partial charge on any atom is 0.336 e. The molecular weight excluding hydrogens is 461 g/mol. The molecular formula is C25H29Cl2N3O3. The van der Waals surface area contributed by atoms with Crippen molar-refractivity contribution in [3.8, 4) is 17.4 Å². The van der Waals surface area contributed by atoms with E-state index in [-0.39, 0.29) is 24.3 Å². The van der Waals surface area contributed by atoms with Crippen LogP contribution in [0.5, 0.6) is 6.01 Å². The first-order valence-corrected chi connectivity index (χ1v) is 12.1. The summed E-state index contributed by atoms with van der Waals surface area (Å²) in [5, 5.41) is 5.16. The Kier molecular flexibility index (Phi) is 9.73. The van der Waals surface area contributed by atoms with E-state index in [9.17, 15) is 4.79 Å². The highest BCUT2D eigenvalue weighted by Crippen LogP contribution is 2.30. The number of carbonyl (C=O) groups excluding carboxylic acids is 1. The highest BCUT2D eigenvalue weighted by Gasteiger charge is 2.22. The second-order valence-corrected chi connectivity index (χ2v) is 8.46. The normalized spacial score (nSPS) is 11.0. The Hall–Kier alpha value is -2.41. The molecule has 0 bridgehead atoms. The van der Waals surface area contributed by atoms with Crippen LogP contribution in [0.25, 0.3) is 11.4 Å². The van der Waals surface area contributed by atoms with Gasteiger partial charge in [-0.15, -0.1) is 5.10 Å². The summed E-state index contributed by atoms with van der Waals surface area (Å²) in [6.45, 7) is 5.36. The lowest BCUT2D eigenvalue weighted by atomic mass is 10.0. The Balaban J connectivity index is 1.84. The molecule has 0 unspecified atom stereocenters. The molecule has 0 N–H and O–H groups in total. The van der Waals surface area contributed by atoms with Gasteiger partial charge in [-0.25, -0.2) is 0 Å². The number of unbranched alkanes of at least 4 members (excludes halogenated alkanes) is 3. The summed E-state index contributed by atoms with van der Waals surface area (Å²) >= 11 is 12.4. The number of ether oxygens (including phenoxy) is 2. The molecule has 0 fully saturated rings. The van der Waals surface area contributed by atoms with Crippen molar-refractivity contribution in [1.29, 1.82) is 0 Å². The minimum absolute atomic E-state index is 0.0802. The summed E-state index contributed by atoms with van der Waals surface area (Å²) in [5.41, 5.74) is 2.25. The van der Waals surface area contributed by atoms with Crippen LogP contribution in [0.3, 0.4) is 0 Å². The van der Waals surface area contributed by atoms with Gasteiger partial charge in [-0.3, -0.25) is 4.79 Å². The van der Waals surface area contributed by atoms with Gasteiger partial charge in [-0.1, -0.05) is 61.5 Å². The summed E-state index contributed by atoms with van der Waals surface area (Å²) < 4.78 is 12.1. The first-order valence-electron chi connectivity index (χ1n) is 11.3. The van der Waals surface area contributed by atoms with Crippen LogP contribution in [0.1, 0.15) is 55.5 Å². The minimum atomic E-state index is -0.319. The quantitative estimate of drug-likeness (QED) is 0.272. The Bertz CT molecular complexity index is 1050. The van der Waals surface area contributed by atoms with Crippen LogP contribution in [0.2, 0.25) is 10.0 Å². The van der Waals surface area contributed by atoms with E-state index in [1.807, 2.05) is 31.2 Å². The Labute approximate surface area is 204 Å². The van der Waals surface area contributed by atoms with Crippen molar-refractivity contribution in [2.75, 3.05) is 19.8 Å². The van der Waals surface area contributed by atoms with Gasteiger partial charge < -0.3 is 9.47 Å². The van der Waals surface area contributed by atoms with Gasteiger partial charge in [0.15, 0.2) is 5.82 Å². The molecule has 33 heavy (non-hydrogen) atoms. The van der Waals surface area contributed by atoms with Gasteiger partial charge >= 0.3 is 6.01 Å². The first-order chi connectivity index (χ1) is 16.0. The third-order valence-corrected chi connectivity index (χ3v) is 5.68. The number of nitrogens with zero attached hydrogens (tertiary/aromatic N) is 3. The van der Waals surface area contributed by atoms with Gasteiger partial charge in [0.1, 0.15) is 6.61 Å². The molecule has 0 saturated carbocycles. The summed E-state index contributed by atoms with van der Waals surface area (Å²) in [4.78, 5) is 17.7. The number of halogens is 2. The number of hydrogen-bond donors (Lipinski definition) is 0. The zero-order chi connectivity index (χ0) is 23.6. The van der Waals surface area contributed by atoms with E-state index >= 15 is 0 Å². The lowest BCUT2D eigenvalue weighted by molar-refractivity contribution is 0.0938. The summed E-state index contributed by atoms with van der Waals surface area (Å²) in [5.74, 6) is -0.0302. The van der Waals surface area contributed by atoms with Crippen LogP contribution in [0.15, 0.2) is 42.5 Å². The topological polar surface area (TPSA) is 66.2 Å². The zero-order valence-corrected chi connectivity index (χ0v) is 20.5. The largest absolute Gasteiger partial charge is 0.460 e. The van der Waals surface area contributed by atoms with Crippen molar-refractivity contribution in [1.82, 2.24) is 14.8 Å². The molecule has 0 atom stereocenters. The van der Waals surface area contributed by atoms with Crippen molar-refractivity contribution in [2.24, 2.45) is 0 Å². The van der Waals surface area contributed by atoms with Crippen LogP contribution >= 0.6 is 23.2 Å². The molecule has 0 spiro atoms. The molecule has 1 heterocycles. The fourth-order valence-electron chi connectivity index (χ4n) is 3.37. The van der Waals surface area contributed by atoms with E-state index in [2.05, 4.69) is 17.0 Å². The van der Waals surface area contributed by atoms with Crippen molar-refractivity contribution >= 4 is 29.1 Å². The van der Waals surface area contributed by atoms with E-state index < -0.39 is 0 Å². The molecule has 1 aromatic heterocycles. The SMILES string of the molecule is CCCCCCc1ccc(C(=O)n2nc(OCCOCC)nc2-c2ccc(Cl)cc2Cl)cc1. The molecule has 0 aliphatic carbocycles. The summed E-state index contributed by atoms with van der Waals surface area (Å²) in [6, 6.07) is 12.7. The molecule has 2 aromatic carbocycles. The maximum absolute atomic E-state index is 13.3. The average Bonchev–Trinajstić information content (AvgIpc) is 3.23. The minimum Gasteiger partial charge on any atom is -0.460 e. The molecule has 3 rings (SSSR count). The highest BCUT2D eigenvalue weighted by molar-refractivity contribution is 6.36. The number of benzene rings is 2.